The third-order valence-electron chi connectivity index (χ3n) is 3.85. The highest BCUT2D eigenvalue weighted by Crippen LogP contribution is 2.33. The Kier molecular flexibility index (Phi) is 4.99. The van der Waals surface area contributed by atoms with Crippen LogP contribution in [0.5, 0.6) is 5.75 Å². The average Bonchev–Trinajstić information content (AvgIpc) is 3.26. The van der Waals surface area contributed by atoms with E-state index in [2.05, 4.69) is 25.2 Å². The number of rotatable bonds is 5. The van der Waals surface area contributed by atoms with Gasteiger partial charge in [0, 0.05) is 0 Å². The number of ether oxygens (including phenoxy) is 1. The van der Waals surface area contributed by atoms with E-state index in [1.165, 1.54) is 29.5 Å². The van der Waals surface area contributed by atoms with Crippen LogP contribution in [0.15, 0.2) is 46.9 Å². The molecule has 12 heteroatoms. The minimum atomic E-state index is -4.88. The van der Waals surface area contributed by atoms with Gasteiger partial charge in [0.05, 0.1) is 22.2 Å². The van der Waals surface area contributed by atoms with Crippen LogP contribution in [0.25, 0.3) is 21.7 Å². The molecule has 4 rings (SSSR count). The van der Waals surface area contributed by atoms with Gasteiger partial charge in [0.15, 0.2) is 5.13 Å². The molecule has 0 aliphatic carbocycles. The molecule has 2 aromatic heterocycles. The third-order valence-corrected chi connectivity index (χ3v) is 4.70. The van der Waals surface area contributed by atoms with Gasteiger partial charge >= 0.3 is 12.4 Å². The summed E-state index contributed by atoms with van der Waals surface area (Å²) in [4.78, 5) is 16.4. The van der Waals surface area contributed by atoms with Gasteiger partial charge < -0.3 is 14.9 Å². The van der Waals surface area contributed by atoms with Crippen molar-refractivity contribution in [1.82, 2.24) is 15.2 Å². The van der Waals surface area contributed by atoms with E-state index in [9.17, 15) is 18.0 Å². The number of nitrogens with zero attached hydrogens (tertiary/aromatic N) is 3. The SMILES string of the molecule is Nc1nc2ccc(CC(=O)Nc3nnc(-c4ccccc4OC(F)(F)F)o3)cc2s1. The molecule has 0 saturated carbocycles. The molecular weight excluding hydrogens is 423 g/mol. The first-order chi connectivity index (χ1) is 14.3. The predicted octanol–water partition coefficient (Wildman–Crippen LogP) is 4.01. The Morgan fingerprint density at radius 3 is 2.80 bits per heavy atom. The second-order valence-corrected chi connectivity index (χ2v) is 7.10. The number of anilines is 2. The Labute approximate surface area is 170 Å². The monoisotopic (exact) mass is 435 g/mol. The Hall–Kier alpha value is -3.67. The molecule has 4 aromatic rings. The van der Waals surface area contributed by atoms with Gasteiger partial charge in [0.1, 0.15) is 5.75 Å². The first kappa shape index (κ1) is 19.6. The molecule has 30 heavy (non-hydrogen) atoms. The third kappa shape index (κ3) is 4.49. The number of hydrogen-bond acceptors (Lipinski definition) is 8. The number of nitrogens with one attached hydrogen (secondary N) is 1. The lowest BCUT2D eigenvalue weighted by Crippen LogP contribution is -2.17. The summed E-state index contributed by atoms with van der Waals surface area (Å²) >= 11 is 1.31. The normalized spacial score (nSPS) is 11.6. The molecule has 2 heterocycles. The van der Waals surface area contributed by atoms with Crippen molar-refractivity contribution in [3.05, 3.63) is 48.0 Å². The second-order valence-electron chi connectivity index (χ2n) is 6.04. The summed E-state index contributed by atoms with van der Waals surface area (Å²) in [6, 6.07) is 10.4. The molecule has 154 valence electrons. The number of alkyl halides is 3. The van der Waals surface area contributed by atoms with Gasteiger partial charge in [-0.3, -0.25) is 10.1 Å². The van der Waals surface area contributed by atoms with Crippen molar-refractivity contribution in [2.24, 2.45) is 0 Å². The molecule has 0 bridgehead atoms. The van der Waals surface area contributed by atoms with Crippen molar-refractivity contribution < 1.29 is 27.1 Å². The van der Waals surface area contributed by atoms with Gasteiger partial charge in [-0.1, -0.05) is 34.6 Å². The van der Waals surface area contributed by atoms with E-state index < -0.39 is 18.0 Å². The molecule has 0 aliphatic heterocycles. The van der Waals surface area contributed by atoms with Gasteiger partial charge in [0.25, 0.3) is 5.89 Å². The predicted molar refractivity (Wildman–Crippen MR) is 103 cm³/mol. The number of halogens is 3. The number of thiazole rings is 1. The first-order valence-electron chi connectivity index (χ1n) is 8.40. The molecule has 3 N–H and O–H groups in total. The Morgan fingerprint density at radius 1 is 1.20 bits per heavy atom. The number of hydrogen-bond donors (Lipinski definition) is 2. The Balaban J connectivity index is 1.47. The summed E-state index contributed by atoms with van der Waals surface area (Å²) in [5.41, 5.74) is 7.06. The maximum Gasteiger partial charge on any atom is 0.573 e. The summed E-state index contributed by atoms with van der Waals surface area (Å²) in [5.74, 6) is -1.17. The number of nitrogen functional groups attached to an aromatic ring is 1. The first-order valence-corrected chi connectivity index (χ1v) is 9.22. The average molecular weight is 435 g/mol. The van der Waals surface area contributed by atoms with Crippen molar-refractivity contribution in [2.45, 2.75) is 12.8 Å². The van der Waals surface area contributed by atoms with E-state index in [0.717, 1.165) is 16.3 Å². The fourth-order valence-corrected chi connectivity index (χ4v) is 3.48. The highest BCUT2D eigenvalue weighted by molar-refractivity contribution is 7.22. The molecule has 0 spiro atoms. The minimum Gasteiger partial charge on any atom is -0.405 e. The molecule has 0 radical (unpaired) electrons. The van der Waals surface area contributed by atoms with E-state index in [-0.39, 0.29) is 23.9 Å². The van der Waals surface area contributed by atoms with Crippen LogP contribution < -0.4 is 15.8 Å². The highest BCUT2D eigenvalue weighted by atomic mass is 32.1. The van der Waals surface area contributed by atoms with Crippen LogP contribution in [0.3, 0.4) is 0 Å². The number of carbonyl (C=O) groups is 1. The Morgan fingerprint density at radius 2 is 2.00 bits per heavy atom. The Bertz CT molecular complexity index is 1220. The maximum absolute atomic E-state index is 12.6. The standard InChI is InChI=1S/C18H12F3N5O3S/c19-18(20,21)29-12-4-2-1-3-10(12)15-25-26-17(28-15)24-14(27)8-9-5-6-11-13(7-9)30-16(22)23-11/h1-7H,8H2,(H2,22,23)(H,24,26,27). The number of carbonyl (C=O) groups excluding carboxylic acids is 1. The van der Waals surface area contributed by atoms with Crippen LogP contribution in [-0.4, -0.2) is 27.5 Å². The second kappa shape index (κ2) is 7.63. The molecule has 0 fully saturated rings. The molecule has 0 saturated heterocycles. The quantitative estimate of drug-likeness (QED) is 0.487. The largest absolute Gasteiger partial charge is 0.573 e. The van der Waals surface area contributed by atoms with E-state index in [4.69, 9.17) is 10.2 Å². The van der Waals surface area contributed by atoms with Crippen molar-refractivity contribution in [1.29, 1.82) is 0 Å². The number of nitrogens with two attached hydrogens (primary N) is 1. The van der Waals surface area contributed by atoms with Gasteiger partial charge in [-0.15, -0.1) is 18.3 Å². The molecule has 0 atom stereocenters. The molecule has 8 nitrogen and oxygen atoms in total. The fraction of sp³-hybridized carbons (Fsp3) is 0.111. The van der Waals surface area contributed by atoms with Crippen LogP contribution >= 0.6 is 11.3 Å². The molecule has 1 amide bonds. The van der Waals surface area contributed by atoms with Crippen LogP contribution in [0.1, 0.15) is 5.56 Å². The zero-order valence-electron chi connectivity index (χ0n) is 14.9. The van der Waals surface area contributed by atoms with Crippen molar-refractivity contribution >= 4 is 38.6 Å². The lowest BCUT2D eigenvalue weighted by molar-refractivity contribution is -0.274. The number of para-hydroxylation sites is 1. The van der Waals surface area contributed by atoms with Gasteiger partial charge in [-0.25, -0.2) is 4.98 Å². The summed E-state index contributed by atoms with van der Waals surface area (Å²) < 4.78 is 47.8. The maximum atomic E-state index is 12.6. The smallest absolute Gasteiger partial charge is 0.405 e. The molecule has 0 aliphatic rings. The fourth-order valence-electron chi connectivity index (χ4n) is 2.69. The van der Waals surface area contributed by atoms with E-state index in [0.29, 0.717) is 10.7 Å². The summed E-state index contributed by atoms with van der Waals surface area (Å²) in [6.07, 6.45) is -4.86. The van der Waals surface area contributed by atoms with Gasteiger partial charge in [-0.05, 0) is 29.8 Å². The van der Waals surface area contributed by atoms with Crippen LogP contribution in [0.2, 0.25) is 0 Å². The van der Waals surface area contributed by atoms with Gasteiger partial charge in [0.2, 0.25) is 5.91 Å². The van der Waals surface area contributed by atoms with E-state index in [1.807, 2.05) is 0 Å². The zero-order chi connectivity index (χ0) is 21.3. The topological polar surface area (TPSA) is 116 Å². The number of benzene rings is 2. The van der Waals surface area contributed by atoms with E-state index in [1.54, 1.807) is 18.2 Å². The summed E-state index contributed by atoms with van der Waals surface area (Å²) in [7, 11) is 0. The van der Waals surface area contributed by atoms with Crippen molar-refractivity contribution in [2.75, 3.05) is 11.1 Å². The number of aromatic nitrogens is 3. The molecular formula is C18H12F3N5O3S. The number of amides is 1. The summed E-state index contributed by atoms with van der Waals surface area (Å²) in [6.45, 7) is 0. The zero-order valence-corrected chi connectivity index (χ0v) is 15.8. The highest BCUT2D eigenvalue weighted by Gasteiger charge is 2.32. The summed E-state index contributed by atoms with van der Waals surface area (Å²) in [5, 5.41) is 10.2. The van der Waals surface area contributed by atoms with Gasteiger partial charge in [-0.2, -0.15) is 0 Å². The van der Waals surface area contributed by atoms with Crippen LogP contribution in [0, 0.1) is 0 Å². The lowest BCUT2D eigenvalue weighted by atomic mass is 10.1. The minimum absolute atomic E-state index is 0.0131. The van der Waals surface area contributed by atoms with E-state index >= 15 is 0 Å². The van der Waals surface area contributed by atoms with Crippen LogP contribution in [0.4, 0.5) is 24.3 Å². The molecule has 2 aromatic carbocycles. The molecule has 0 unspecified atom stereocenters. The van der Waals surface area contributed by atoms with Crippen molar-refractivity contribution in [3.8, 4) is 17.2 Å². The van der Waals surface area contributed by atoms with Crippen LogP contribution in [-0.2, 0) is 11.2 Å². The lowest BCUT2D eigenvalue weighted by Gasteiger charge is -2.10. The van der Waals surface area contributed by atoms with Crippen molar-refractivity contribution in [3.63, 3.8) is 0 Å². The number of fused-ring (bicyclic) bond motifs is 1.